The number of hydrogen-bond donors (Lipinski definition) is 3. The number of nitrogens with one attached hydrogen (secondary N) is 2. The lowest BCUT2D eigenvalue weighted by atomic mass is 10.1. The van der Waals surface area contributed by atoms with E-state index in [4.69, 9.17) is 5.73 Å². The highest BCUT2D eigenvalue weighted by molar-refractivity contribution is 5.98. The minimum absolute atomic E-state index is 0.188. The molecule has 1 aromatic carbocycles. The van der Waals surface area contributed by atoms with Gasteiger partial charge < -0.3 is 11.1 Å². The van der Waals surface area contributed by atoms with Gasteiger partial charge in [0.15, 0.2) is 0 Å². The predicted octanol–water partition coefficient (Wildman–Crippen LogP) is 0.765. The van der Waals surface area contributed by atoms with Crippen LogP contribution in [0.4, 0.5) is 0 Å². The molecule has 0 fully saturated rings. The van der Waals surface area contributed by atoms with Crippen molar-refractivity contribution in [3.8, 4) is 11.1 Å². The molecular formula is C12H14N4O. The Labute approximate surface area is 99.0 Å². The summed E-state index contributed by atoms with van der Waals surface area (Å²) in [4.78, 5) is 11.8. The van der Waals surface area contributed by atoms with E-state index in [0.29, 0.717) is 18.8 Å². The molecule has 0 saturated heterocycles. The lowest BCUT2D eigenvalue weighted by molar-refractivity contribution is 0.0950. The molecule has 0 bridgehead atoms. The highest BCUT2D eigenvalue weighted by Crippen LogP contribution is 2.21. The molecule has 1 aromatic heterocycles. The van der Waals surface area contributed by atoms with Gasteiger partial charge in [-0.2, -0.15) is 5.10 Å². The zero-order chi connectivity index (χ0) is 12.1. The number of rotatable bonds is 4. The number of hydrogen-bond acceptors (Lipinski definition) is 3. The van der Waals surface area contributed by atoms with Crippen LogP contribution in [0.1, 0.15) is 10.5 Å². The van der Waals surface area contributed by atoms with Gasteiger partial charge >= 0.3 is 0 Å². The van der Waals surface area contributed by atoms with E-state index < -0.39 is 0 Å². The average molecular weight is 230 g/mol. The molecule has 2 rings (SSSR count). The van der Waals surface area contributed by atoms with Gasteiger partial charge in [-0.25, -0.2) is 0 Å². The fourth-order valence-electron chi connectivity index (χ4n) is 1.57. The number of aromatic amines is 1. The Morgan fingerprint density at radius 2 is 2.12 bits per heavy atom. The minimum Gasteiger partial charge on any atom is -0.349 e. The molecule has 0 saturated carbocycles. The van der Waals surface area contributed by atoms with Crippen molar-refractivity contribution in [2.24, 2.45) is 5.73 Å². The normalized spacial score (nSPS) is 10.2. The second kappa shape index (κ2) is 5.27. The number of amides is 1. The molecule has 4 N–H and O–H groups in total. The van der Waals surface area contributed by atoms with E-state index in [-0.39, 0.29) is 5.91 Å². The van der Waals surface area contributed by atoms with Crippen molar-refractivity contribution in [2.75, 3.05) is 13.1 Å². The lowest BCUT2D eigenvalue weighted by Gasteiger charge is -2.04. The van der Waals surface area contributed by atoms with E-state index in [1.165, 1.54) is 0 Å². The summed E-state index contributed by atoms with van der Waals surface area (Å²) in [5, 5.41) is 9.33. The molecule has 1 heterocycles. The molecule has 5 heteroatoms. The van der Waals surface area contributed by atoms with Crippen molar-refractivity contribution in [3.05, 3.63) is 42.2 Å². The number of aromatic nitrogens is 2. The van der Waals surface area contributed by atoms with Crippen molar-refractivity contribution in [3.63, 3.8) is 0 Å². The first-order chi connectivity index (χ1) is 8.33. The van der Waals surface area contributed by atoms with Crippen LogP contribution in [-0.2, 0) is 0 Å². The second-order valence-corrected chi connectivity index (χ2v) is 3.57. The largest absolute Gasteiger partial charge is 0.349 e. The van der Waals surface area contributed by atoms with E-state index >= 15 is 0 Å². The Balaban J connectivity index is 2.26. The molecule has 1 amide bonds. The molecule has 0 atom stereocenters. The Kier molecular flexibility index (Phi) is 3.52. The van der Waals surface area contributed by atoms with E-state index in [2.05, 4.69) is 15.5 Å². The van der Waals surface area contributed by atoms with Gasteiger partial charge in [0.1, 0.15) is 5.69 Å². The average Bonchev–Trinajstić information content (AvgIpc) is 2.86. The van der Waals surface area contributed by atoms with E-state index in [0.717, 1.165) is 11.1 Å². The number of nitrogens with zero attached hydrogens (tertiary/aromatic N) is 1. The van der Waals surface area contributed by atoms with Gasteiger partial charge in [0.2, 0.25) is 0 Å². The Bertz CT molecular complexity index is 492. The second-order valence-electron chi connectivity index (χ2n) is 3.57. The van der Waals surface area contributed by atoms with Crippen LogP contribution in [0.25, 0.3) is 11.1 Å². The Hall–Kier alpha value is -2.14. The molecule has 0 aliphatic rings. The molecule has 0 spiro atoms. The maximum Gasteiger partial charge on any atom is 0.269 e. The third-order valence-corrected chi connectivity index (χ3v) is 2.38. The Morgan fingerprint density at radius 1 is 1.35 bits per heavy atom. The van der Waals surface area contributed by atoms with Crippen LogP contribution in [0.15, 0.2) is 36.5 Å². The summed E-state index contributed by atoms with van der Waals surface area (Å²) >= 11 is 0. The van der Waals surface area contributed by atoms with Crippen LogP contribution in [0.2, 0.25) is 0 Å². The lowest BCUT2D eigenvalue weighted by Crippen LogP contribution is -2.29. The third kappa shape index (κ3) is 2.51. The van der Waals surface area contributed by atoms with Crippen molar-refractivity contribution < 1.29 is 4.79 Å². The summed E-state index contributed by atoms with van der Waals surface area (Å²) in [6.07, 6.45) is 1.65. The third-order valence-electron chi connectivity index (χ3n) is 2.38. The highest BCUT2D eigenvalue weighted by Gasteiger charge is 2.14. The molecular weight excluding hydrogens is 216 g/mol. The maximum absolute atomic E-state index is 11.8. The zero-order valence-electron chi connectivity index (χ0n) is 9.31. The predicted molar refractivity (Wildman–Crippen MR) is 65.4 cm³/mol. The SMILES string of the molecule is NCCNC(=O)c1[nH]ncc1-c1ccccc1. The van der Waals surface area contributed by atoms with Crippen LogP contribution in [0.3, 0.4) is 0 Å². The number of carbonyl (C=O) groups excluding carboxylic acids is 1. The summed E-state index contributed by atoms with van der Waals surface area (Å²) in [5.74, 6) is -0.188. The van der Waals surface area contributed by atoms with Crippen molar-refractivity contribution in [1.29, 1.82) is 0 Å². The summed E-state index contributed by atoms with van der Waals surface area (Å²) < 4.78 is 0. The zero-order valence-corrected chi connectivity index (χ0v) is 9.31. The van der Waals surface area contributed by atoms with Crippen molar-refractivity contribution in [2.45, 2.75) is 0 Å². The molecule has 17 heavy (non-hydrogen) atoms. The van der Waals surface area contributed by atoms with Gasteiger partial charge in [-0.05, 0) is 5.56 Å². The number of carbonyl (C=O) groups is 1. The van der Waals surface area contributed by atoms with Crippen molar-refractivity contribution in [1.82, 2.24) is 15.5 Å². The summed E-state index contributed by atoms with van der Waals surface area (Å²) in [7, 11) is 0. The molecule has 2 aromatic rings. The first-order valence-corrected chi connectivity index (χ1v) is 5.40. The first-order valence-electron chi connectivity index (χ1n) is 5.40. The fraction of sp³-hybridized carbons (Fsp3) is 0.167. The van der Waals surface area contributed by atoms with Crippen LogP contribution in [0, 0.1) is 0 Å². The number of H-pyrrole nitrogens is 1. The van der Waals surface area contributed by atoms with Crippen LogP contribution in [0.5, 0.6) is 0 Å². The van der Waals surface area contributed by atoms with E-state index in [9.17, 15) is 4.79 Å². The maximum atomic E-state index is 11.8. The summed E-state index contributed by atoms with van der Waals surface area (Å²) in [6, 6.07) is 9.64. The first kappa shape index (κ1) is 11.3. The monoisotopic (exact) mass is 230 g/mol. The molecule has 5 nitrogen and oxygen atoms in total. The Morgan fingerprint density at radius 3 is 2.82 bits per heavy atom. The highest BCUT2D eigenvalue weighted by atomic mass is 16.1. The summed E-state index contributed by atoms with van der Waals surface area (Å²) in [5.41, 5.74) is 7.55. The topological polar surface area (TPSA) is 83.8 Å². The summed E-state index contributed by atoms with van der Waals surface area (Å²) in [6.45, 7) is 0.868. The molecule has 0 aliphatic carbocycles. The van der Waals surface area contributed by atoms with Gasteiger partial charge in [0.05, 0.1) is 6.20 Å². The molecule has 0 radical (unpaired) electrons. The van der Waals surface area contributed by atoms with Gasteiger partial charge in [-0.3, -0.25) is 9.89 Å². The minimum atomic E-state index is -0.188. The van der Waals surface area contributed by atoms with Crippen LogP contribution in [-0.4, -0.2) is 29.2 Å². The van der Waals surface area contributed by atoms with Crippen LogP contribution >= 0.6 is 0 Å². The van der Waals surface area contributed by atoms with Gasteiger partial charge in [-0.1, -0.05) is 30.3 Å². The number of benzene rings is 1. The van der Waals surface area contributed by atoms with E-state index in [1.807, 2.05) is 30.3 Å². The van der Waals surface area contributed by atoms with Crippen molar-refractivity contribution >= 4 is 5.91 Å². The van der Waals surface area contributed by atoms with E-state index in [1.54, 1.807) is 6.20 Å². The van der Waals surface area contributed by atoms with Gasteiger partial charge in [0, 0.05) is 18.7 Å². The van der Waals surface area contributed by atoms with Gasteiger partial charge in [-0.15, -0.1) is 0 Å². The standard InChI is InChI=1S/C12H14N4O/c13-6-7-14-12(17)11-10(8-15-16-11)9-4-2-1-3-5-9/h1-5,8H,6-7,13H2,(H,14,17)(H,15,16). The van der Waals surface area contributed by atoms with Gasteiger partial charge in [0.25, 0.3) is 5.91 Å². The number of nitrogens with two attached hydrogens (primary N) is 1. The fourth-order valence-corrected chi connectivity index (χ4v) is 1.57. The molecule has 0 aliphatic heterocycles. The molecule has 88 valence electrons. The quantitative estimate of drug-likeness (QED) is 0.725. The molecule has 0 unspecified atom stereocenters. The smallest absolute Gasteiger partial charge is 0.269 e. The van der Waals surface area contributed by atoms with Crippen LogP contribution < -0.4 is 11.1 Å².